The Bertz CT molecular complexity index is 261. The smallest absolute Gasteiger partial charge is 0.273 e. The second-order valence-electron chi connectivity index (χ2n) is 3.36. The fraction of sp³-hybridized carbons (Fsp3) is 0.778. The van der Waals surface area contributed by atoms with Crippen LogP contribution in [0.4, 0.5) is 4.39 Å². The minimum Gasteiger partial charge on any atom is -0.357 e. The van der Waals surface area contributed by atoms with Crippen LogP contribution in [0.25, 0.3) is 0 Å². The van der Waals surface area contributed by atoms with Gasteiger partial charge in [0.25, 0.3) is 5.91 Å². The summed E-state index contributed by atoms with van der Waals surface area (Å²) in [5.74, 6) is -3.37. The van der Waals surface area contributed by atoms with Gasteiger partial charge in [0, 0.05) is 12.8 Å². The average molecular weight is 251 g/mol. The highest BCUT2D eigenvalue weighted by Gasteiger charge is 2.34. The Morgan fingerprint density at radius 2 is 2.06 bits per heavy atom. The number of alkyl halides is 1. The highest BCUT2D eigenvalue weighted by Crippen LogP contribution is 2.05. The van der Waals surface area contributed by atoms with E-state index < -0.39 is 23.6 Å². The average Bonchev–Trinajstić information content (AvgIpc) is 2.24. The summed E-state index contributed by atoms with van der Waals surface area (Å²) in [5.41, 5.74) is 0. The van der Waals surface area contributed by atoms with Crippen molar-refractivity contribution in [3.05, 3.63) is 0 Å². The van der Waals surface area contributed by atoms with Crippen molar-refractivity contribution >= 4 is 24.4 Å². The van der Waals surface area contributed by atoms with Crippen molar-refractivity contribution in [2.75, 3.05) is 19.3 Å². The first kappa shape index (κ1) is 15.2. The third-order valence-corrected chi connectivity index (χ3v) is 2.35. The maximum atomic E-state index is 13.7. The first-order chi connectivity index (χ1) is 7.38. The number of halogens is 1. The first-order valence-electron chi connectivity index (χ1n) is 4.96. The maximum absolute atomic E-state index is 13.7. The number of hydrogen-bond acceptors (Lipinski definition) is 4. The quantitative estimate of drug-likeness (QED) is 0.378. The molecule has 0 unspecified atom stereocenters. The summed E-state index contributed by atoms with van der Waals surface area (Å²) in [6.45, 7) is 3.09. The van der Waals surface area contributed by atoms with Crippen LogP contribution in [-0.4, -0.2) is 43.0 Å². The van der Waals surface area contributed by atoms with Gasteiger partial charge < -0.3 is 10.6 Å². The van der Waals surface area contributed by atoms with Crippen LogP contribution >= 0.6 is 12.6 Å². The van der Waals surface area contributed by atoms with Crippen molar-refractivity contribution < 1.29 is 14.0 Å². The fourth-order valence-corrected chi connectivity index (χ4v) is 1.33. The molecule has 0 heterocycles. The summed E-state index contributed by atoms with van der Waals surface area (Å²) in [6.07, 6.45) is 0. The number of thiol groups is 1. The van der Waals surface area contributed by atoms with Gasteiger partial charge in [-0.05, 0) is 13.5 Å². The predicted octanol–water partition coefficient (Wildman–Crippen LogP) is -0.558. The second kappa shape index (κ2) is 6.70. The molecular formula is C9H18FN3O2S. The van der Waals surface area contributed by atoms with E-state index in [0.29, 0.717) is 6.54 Å². The van der Waals surface area contributed by atoms with Gasteiger partial charge in [-0.1, -0.05) is 6.92 Å². The van der Waals surface area contributed by atoms with E-state index in [2.05, 4.69) is 28.6 Å². The number of carbonyl (C=O) groups excluding carboxylic acids is 2. The van der Waals surface area contributed by atoms with Crippen molar-refractivity contribution in [1.29, 1.82) is 0 Å². The minimum atomic E-state index is -2.19. The molecule has 0 radical (unpaired) electrons. The molecule has 0 saturated carbocycles. The molecule has 0 aliphatic heterocycles. The van der Waals surface area contributed by atoms with Crippen LogP contribution in [0.2, 0.25) is 0 Å². The molecule has 7 heteroatoms. The molecule has 5 nitrogen and oxygen atoms in total. The number of nitrogens with one attached hydrogen (secondary N) is 3. The van der Waals surface area contributed by atoms with Crippen molar-refractivity contribution in [2.45, 2.75) is 25.7 Å². The molecule has 94 valence electrons. The van der Waals surface area contributed by atoms with Crippen molar-refractivity contribution in [1.82, 2.24) is 16.0 Å². The monoisotopic (exact) mass is 251 g/mol. The van der Waals surface area contributed by atoms with Crippen molar-refractivity contribution in [3.8, 4) is 0 Å². The predicted molar refractivity (Wildman–Crippen MR) is 63.0 cm³/mol. The van der Waals surface area contributed by atoms with Gasteiger partial charge in [-0.25, -0.2) is 4.39 Å². The fourth-order valence-electron chi connectivity index (χ4n) is 1.07. The summed E-state index contributed by atoms with van der Waals surface area (Å²) >= 11 is 3.91. The maximum Gasteiger partial charge on any atom is 0.273 e. The van der Waals surface area contributed by atoms with E-state index >= 15 is 0 Å². The molecule has 16 heavy (non-hydrogen) atoms. The summed E-state index contributed by atoms with van der Waals surface area (Å²) < 4.78 is 13.7. The zero-order chi connectivity index (χ0) is 12.8. The molecule has 0 aliphatic carbocycles. The lowest BCUT2D eigenvalue weighted by molar-refractivity contribution is -0.137. The lowest BCUT2D eigenvalue weighted by Gasteiger charge is -2.23. The van der Waals surface area contributed by atoms with E-state index in [1.807, 2.05) is 0 Å². The molecule has 0 aliphatic rings. The lowest BCUT2D eigenvalue weighted by atomic mass is 10.2. The zero-order valence-corrected chi connectivity index (χ0v) is 10.5. The molecule has 0 saturated heterocycles. The highest BCUT2D eigenvalue weighted by atomic mass is 32.1. The largest absolute Gasteiger partial charge is 0.357 e. The number of hydrogen-bond donors (Lipinski definition) is 4. The zero-order valence-electron chi connectivity index (χ0n) is 9.63. The first-order valence-corrected chi connectivity index (χ1v) is 5.59. The standard InChI is InChI=1S/C9H18FN3O2S/c1-4-12-9(2,10)8(15)13-6(5-16)7(14)11-3/h6,12,16H,4-5H2,1-3H3,(H,11,14)(H,13,15)/t6-,9-/m1/s1. The van der Waals surface area contributed by atoms with Gasteiger partial charge in [-0.2, -0.15) is 12.6 Å². The van der Waals surface area contributed by atoms with Gasteiger partial charge in [-0.15, -0.1) is 0 Å². The van der Waals surface area contributed by atoms with E-state index in [0.717, 1.165) is 6.92 Å². The molecule has 0 aromatic rings. The summed E-state index contributed by atoms with van der Waals surface area (Å²) in [5, 5.41) is 7.01. The molecule has 2 atom stereocenters. The second-order valence-corrected chi connectivity index (χ2v) is 3.72. The molecule has 0 spiro atoms. The normalized spacial score (nSPS) is 16.1. The molecule has 2 amide bonds. The molecular weight excluding hydrogens is 233 g/mol. The van der Waals surface area contributed by atoms with Crippen molar-refractivity contribution in [2.24, 2.45) is 0 Å². The van der Waals surface area contributed by atoms with Gasteiger partial charge in [0.1, 0.15) is 6.04 Å². The van der Waals surface area contributed by atoms with Crippen LogP contribution in [0.15, 0.2) is 0 Å². The van der Waals surface area contributed by atoms with Crippen LogP contribution in [0.5, 0.6) is 0 Å². The Morgan fingerprint density at radius 1 is 1.50 bits per heavy atom. The molecule has 0 bridgehead atoms. The van der Waals surface area contributed by atoms with Gasteiger partial charge >= 0.3 is 0 Å². The highest BCUT2D eigenvalue weighted by molar-refractivity contribution is 7.80. The Labute approximate surface area is 100.0 Å². The molecule has 0 fully saturated rings. The van der Waals surface area contributed by atoms with Crippen LogP contribution < -0.4 is 16.0 Å². The Kier molecular flexibility index (Phi) is 6.35. The van der Waals surface area contributed by atoms with Gasteiger partial charge in [0.05, 0.1) is 0 Å². The Balaban J connectivity index is 4.46. The third kappa shape index (κ3) is 4.36. The molecule has 0 aromatic carbocycles. The molecule has 0 rings (SSSR count). The summed E-state index contributed by atoms with van der Waals surface area (Å²) in [7, 11) is 1.43. The summed E-state index contributed by atoms with van der Waals surface area (Å²) in [4.78, 5) is 22.7. The SMILES string of the molecule is CCN[C@@](C)(F)C(=O)N[C@H](CS)C(=O)NC. The van der Waals surface area contributed by atoms with Crippen LogP contribution in [-0.2, 0) is 9.59 Å². The Morgan fingerprint density at radius 3 is 2.44 bits per heavy atom. The van der Waals surface area contributed by atoms with Crippen LogP contribution in [0, 0.1) is 0 Å². The van der Waals surface area contributed by atoms with E-state index in [4.69, 9.17) is 0 Å². The number of amides is 2. The Hall–Kier alpha value is -0.820. The topological polar surface area (TPSA) is 70.2 Å². The van der Waals surface area contributed by atoms with Crippen LogP contribution in [0.1, 0.15) is 13.8 Å². The van der Waals surface area contributed by atoms with Gasteiger partial charge in [-0.3, -0.25) is 14.9 Å². The number of carbonyl (C=O) groups is 2. The van der Waals surface area contributed by atoms with E-state index in [9.17, 15) is 14.0 Å². The van der Waals surface area contributed by atoms with Gasteiger partial charge in [0.2, 0.25) is 11.7 Å². The molecule has 0 aromatic heterocycles. The minimum absolute atomic E-state index is 0.105. The van der Waals surface area contributed by atoms with E-state index in [1.165, 1.54) is 7.05 Å². The van der Waals surface area contributed by atoms with Crippen molar-refractivity contribution in [3.63, 3.8) is 0 Å². The van der Waals surface area contributed by atoms with E-state index in [-0.39, 0.29) is 5.75 Å². The van der Waals surface area contributed by atoms with E-state index in [1.54, 1.807) is 6.92 Å². The number of likely N-dealkylation sites (N-methyl/N-ethyl adjacent to an activating group) is 2. The third-order valence-electron chi connectivity index (χ3n) is 1.99. The lowest BCUT2D eigenvalue weighted by Crippen LogP contribution is -2.57. The molecule has 3 N–H and O–H groups in total. The summed E-state index contributed by atoms with van der Waals surface area (Å²) in [6, 6.07) is -0.838. The van der Waals surface area contributed by atoms with Crippen LogP contribution in [0.3, 0.4) is 0 Å². The number of rotatable bonds is 6. The van der Waals surface area contributed by atoms with Gasteiger partial charge in [0.15, 0.2) is 0 Å².